The van der Waals surface area contributed by atoms with E-state index in [0.717, 1.165) is 11.3 Å². The lowest BCUT2D eigenvalue weighted by Crippen LogP contribution is -2.48. The molecule has 2 heterocycles. The Morgan fingerprint density at radius 2 is 2.00 bits per heavy atom. The molecule has 32 heavy (non-hydrogen) atoms. The summed E-state index contributed by atoms with van der Waals surface area (Å²) in [7, 11) is 0. The zero-order valence-electron chi connectivity index (χ0n) is 18.6. The second-order valence-electron chi connectivity index (χ2n) is 7.91. The highest BCUT2D eigenvalue weighted by atomic mass is 32.1. The van der Waals surface area contributed by atoms with Crippen LogP contribution in [-0.2, 0) is 16.0 Å². The van der Waals surface area contributed by atoms with Crippen LogP contribution in [0.5, 0.6) is 5.75 Å². The van der Waals surface area contributed by atoms with Crippen molar-refractivity contribution in [1.29, 1.82) is 0 Å². The zero-order chi connectivity index (χ0) is 23.6. The van der Waals surface area contributed by atoms with Gasteiger partial charge >= 0.3 is 5.97 Å². The summed E-state index contributed by atoms with van der Waals surface area (Å²) < 4.78 is 11.6. The number of amides is 1. The van der Waals surface area contributed by atoms with Crippen molar-refractivity contribution in [1.82, 2.24) is 10.3 Å². The maximum Gasteiger partial charge on any atom is 0.326 e. The quantitative estimate of drug-likeness (QED) is 0.527. The highest BCUT2D eigenvalue weighted by Crippen LogP contribution is 2.29. The van der Waals surface area contributed by atoms with Crippen molar-refractivity contribution >= 4 is 34.2 Å². The Balaban J connectivity index is 1.91. The van der Waals surface area contributed by atoms with Gasteiger partial charge in [-0.25, -0.2) is 9.78 Å². The van der Waals surface area contributed by atoms with Crippen LogP contribution in [0.4, 0.5) is 0 Å². The molecule has 0 bridgehead atoms. The summed E-state index contributed by atoms with van der Waals surface area (Å²) in [6.45, 7) is 8.74. The molecule has 0 aliphatic carbocycles. The molecule has 2 atom stereocenters. The molecular formula is C23H26N2O6S. The molecule has 8 nitrogen and oxygen atoms in total. The first kappa shape index (κ1) is 23.5. The van der Waals surface area contributed by atoms with Crippen LogP contribution in [0.3, 0.4) is 0 Å². The molecular weight excluding hydrogens is 432 g/mol. The van der Waals surface area contributed by atoms with E-state index in [4.69, 9.17) is 9.15 Å². The highest BCUT2D eigenvalue weighted by Gasteiger charge is 2.27. The molecule has 0 fully saturated rings. The SMILES string of the molecule is CCc1cc2c(=O)c(-c3nc(C)cs3)coc2cc1O[C@H](C)C(=O)N[C@@H](C(=O)O)C(C)C. The van der Waals surface area contributed by atoms with Crippen LogP contribution in [0.1, 0.15) is 39.0 Å². The number of hydrogen-bond donors (Lipinski definition) is 2. The van der Waals surface area contributed by atoms with Crippen LogP contribution >= 0.6 is 11.3 Å². The smallest absolute Gasteiger partial charge is 0.326 e. The number of aryl methyl sites for hydroxylation is 2. The fourth-order valence-electron chi connectivity index (χ4n) is 3.24. The van der Waals surface area contributed by atoms with Crippen molar-refractivity contribution in [3.05, 3.63) is 45.3 Å². The Hall–Kier alpha value is -3.20. The Bertz CT molecular complexity index is 1210. The summed E-state index contributed by atoms with van der Waals surface area (Å²) in [5.74, 6) is -1.52. The molecule has 3 aromatic rings. The van der Waals surface area contributed by atoms with Crippen molar-refractivity contribution in [2.24, 2.45) is 5.92 Å². The number of carboxylic acids is 1. The molecule has 3 rings (SSSR count). The lowest BCUT2D eigenvalue weighted by Gasteiger charge is -2.22. The third-order valence-electron chi connectivity index (χ3n) is 5.09. The number of aliphatic carboxylic acids is 1. The Morgan fingerprint density at radius 3 is 2.56 bits per heavy atom. The second-order valence-corrected chi connectivity index (χ2v) is 8.77. The van der Waals surface area contributed by atoms with Crippen molar-refractivity contribution < 1.29 is 23.8 Å². The van der Waals surface area contributed by atoms with Crippen LogP contribution in [0.15, 0.2) is 33.0 Å². The molecule has 0 radical (unpaired) electrons. The molecule has 0 unspecified atom stereocenters. The molecule has 0 aliphatic heterocycles. The summed E-state index contributed by atoms with van der Waals surface area (Å²) in [5, 5.41) is 14.7. The number of nitrogens with zero attached hydrogens (tertiary/aromatic N) is 1. The number of thiazole rings is 1. The van der Waals surface area contributed by atoms with Gasteiger partial charge in [0.15, 0.2) is 6.10 Å². The topological polar surface area (TPSA) is 119 Å². The number of rotatable bonds is 8. The number of carbonyl (C=O) groups excluding carboxylic acids is 1. The first-order chi connectivity index (χ1) is 15.1. The van der Waals surface area contributed by atoms with Gasteiger partial charge in [0.05, 0.1) is 10.9 Å². The van der Waals surface area contributed by atoms with E-state index in [-0.39, 0.29) is 11.3 Å². The molecule has 0 spiro atoms. The van der Waals surface area contributed by atoms with Gasteiger partial charge in [-0.3, -0.25) is 9.59 Å². The number of carboxylic acid groups (broad SMARTS) is 1. The third kappa shape index (κ3) is 4.83. The predicted molar refractivity (Wildman–Crippen MR) is 122 cm³/mol. The normalized spacial score (nSPS) is 13.2. The summed E-state index contributed by atoms with van der Waals surface area (Å²) in [5.41, 5.74) is 2.10. The Morgan fingerprint density at radius 1 is 1.28 bits per heavy atom. The summed E-state index contributed by atoms with van der Waals surface area (Å²) in [6.07, 6.45) is 1.00. The number of fused-ring (bicyclic) bond motifs is 1. The van der Waals surface area contributed by atoms with Gasteiger partial charge in [-0.1, -0.05) is 20.8 Å². The van der Waals surface area contributed by atoms with Crippen LogP contribution in [-0.4, -0.2) is 34.1 Å². The van der Waals surface area contributed by atoms with E-state index in [9.17, 15) is 19.5 Å². The lowest BCUT2D eigenvalue weighted by atomic mass is 10.0. The molecule has 9 heteroatoms. The Labute approximate surface area is 189 Å². The zero-order valence-corrected chi connectivity index (χ0v) is 19.4. The van der Waals surface area contributed by atoms with Gasteiger partial charge < -0.3 is 19.6 Å². The number of aromatic nitrogens is 1. The number of carbonyl (C=O) groups is 2. The lowest BCUT2D eigenvalue weighted by molar-refractivity contribution is -0.144. The van der Waals surface area contributed by atoms with Crippen molar-refractivity contribution in [2.45, 2.75) is 53.2 Å². The van der Waals surface area contributed by atoms with Gasteiger partial charge in [-0.2, -0.15) is 0 Å². The summed E-state index contributed by atoms with van der Waals surface area (Å²) >= 11 is 1.38. The van der Waals surface area contributed by atoms with E-state index in [1.165, 1.54) is 17.6 Å². The molecule has 2 N–H and O–H groups in total. The molecule has 1 aromatic carbocycles. The Kier molecular flexibility index (Phi) is 6.98. The fraction of sp³-hybridized carbons (Fsp3) is 0.391. The highest BCUT2D eigenvalue weighted by molar-refractivity contribution is 7.13. The van der Waals surface area contributed by atoms with E-state index >= 15 is 0 Å². The molecule has 1 amide bonds. The second kappa shape index (κ2) is 9.52. The number of hydrogen-bond acceptors (Lipinski definition) is 7. The van der Waals surface area contributed by atoms with Gasteiger partial charge in [0.2, 0.25) is 5.43 Å². The average molecular weight is 459 g/mol. The van der Waals surface area contributed by atoms with E-state index < -0.39 is 24.0 Å². The van der Waals surface area contributed by atoms with E-state index in [0.29, 0.717) is 33.7 Å². The van der Waals surface area contributed by atoms with Gasteiger partial charge in [0.25, 0.3) is 5.91 Å². The van der Waals surface area contributed by atoms with Crippen molar-refractivity contribution in [2.75, 3.05) is 0 Å². The molecule has 0 saturated carbocycles. The van der Waals surface area contributed by atoms with Crippen molar-refractivity contribution in [3.8, 4) is 16.3 Å². The standard InChI is InChI=1S/C23H26N2O6S/c1-6-14-7-15-18(30-9-16(20(15)26)22-24-12(4)10-32-22)8-17(14)31-13(5)21(27)25-19(11(2)3)23(28)29/h7-11,13,19H,6H2,1-5H3,(H,25,27)(H,28,29)/t13-,19-/m1/s1. The third-order valence-corrected chi connectivity index (χ3v) is 6.08. The monoisotopic (exact) mass is 458 g/mol. The van der Waals surface area contributed by atoms with E-state index in [2.05, 4.69) is 10.3 Å². The first-order valence-electron chi connectivity index (χ1n) is 10.3. The number of ether oxygens (including phenoxy) is 1. The van der Waals surface area contributed by atoms with Crippen LogP contribution < -0.4 is 15.5 Å². The van der Waals surface area contributed by atoms with Crippen molar-refractivity contribution in [3.63, 3.8) is 0 Å². The molecule has 0 saturated heterocycles. The largest absolute Gasteiger partial charge is 0.480 e. The molecule has 170 valence electrons. The maximum absolute atomic E-state index is 13.0. The average Bonchev–Trinajstić information content (AvgIpc) is 3.17. The van der Waals surface area contributed by atoms with Gasteiger partial charge in [0.1, 0.15) is 28.6 Å². The predicted octanol–water partition coefficient (Wildman–Crippen LogP) is 3.78. The van der Waals surface area contributed by atoms with Crippen LogP contribution in [0, 0.1) is 12.8 Å². The fourth-order valence-corrected chi connectivity index (χ4v) is 4.04. The summed E-state index contributed by atoms with van der Waals surface area (Å²) in [4.78, 5) is 41.3. The minimum atomic E-state index is -1.10. The molecule has 0 aliphatic rings. The summed E-state index contributed by atoms with van der Waals surface area (Å²) in [6, 6.07) is 2.29. The number of benzene rings is 1. The van der Waals surface area contributed by atoms with Gasteiger partial charge in [0, 0.05) is 17.1 Å². The van der Waals surface area contributed by atoms with E-state index in [1.54, 1.807) is 32.9 Å². The maximum atomic E-state index is 13.0. The van der Waals surface area contributed by atoms with Crippen LogP contribution in [0.2, 0.25) is 0 Å². The number of nitrogens with one attached hydrogen (secondary N) is 1. The van der Waals surface area contributed by atoms with Gasteiger partial charge in [-0.05, 0) is 37.8 Å². The molecule has 2 aromatic heterocycles. The van der Waals surface area contributed by atoms with E-state index in [1.807, 2.05) is 19.2 Å². The first-order valence-corrected chi connectivity index (χ1v) is 11.2. The minimum absolute atomic E-state index is 0.186. The minimum Gasteiger partial charge on any atom is -0.480 e. The van der Waals surface area contributed by atoms with Gasteiger partial charge in [-0.15, -0.1) is 11.3 Å². The van der Waals surface area contributed by atoms with Crippen LogP contribution in [0.25, 0.3) is 21.5 Å².